The summed E-state index contributed by atoms with van der Waals surface area (Å²) in [4.78, 5) is 11.5. The largest absolute Gasteiger partial charge is 0.508 e. The number of phenols is 1. The van der Waals surface area contributed by atoms with Crippen LogP contribution in [0.3, 0.4) is 0 Å². The van der Waals surface area contributed by atoms with E-state index < -0.39 is 5.97 Å². The van der Waals surface area contributed by atoms with E-state index in [1.807, 2.05) is 0 Å². The summed E-state index contributed by atoms with van der Waals surface area (Å²) in [6.07, 6.45) is 0. The highest BCUT2D eigenvalue weighted by atomic mass is 35.5. The number of carboxylic acid groups (broad SMARTS) is 1. The quantitative estimate of drug-likeness (QED) is 0.715. The van der Waals surface area contributed by atoms with Crippen molar-refractivity contribution in [1.82, 2.24) is 9.78 Å². The van der Waals surface area contributed by atoms with Crippen LogP contribution in [0.2, 0.25) is 10.0 Å². The number of rotatable bonds is 3. The van der Waals surface area contributed by atoms with Crippen molar-refractivity contribution in [3.8, 4) is 22.7 Å². The van der Waals surface area contributed by atoms with Crippen molar-refractivity contribution in [2.75, 3.05) is 0 Å². The summed E-state index contributed by atoms with van der Waals surface area (Å²) in [7, 11) is 0. The van der Waals surface area contributed by atoms with Gasteiger partial charge in [0, 0.05) is 16.1 Å². The Labute approximate surface area is 147 Å². The maximum atomic E-state index is 11.5. The lowest BCUT2D eigenvalue weighted by Crippen LogP contribution is -2.03. The summed E-state index contributed by atoms with van der Waals surface area (Å²) in [5, 5.41) is 23.9. The molecule has 0 fully saturated rings. The van der Waals surface area contributed by atoms with Gasteiger partial charge in [0.05, 0.1) is 16.4 Å². The minimum absolute atomic E-state index is 0.0657. The SMILES string of the molecule is Cc1c(C(=O)O)nn(-c2ccc(Cl)cc2Cl)c1-c1ccc(O)cc1. The number of carboxylic acids is 1. The molecule has 1 heterocycles. The van der Waals surface area contributed by atoms with Gasteiger partial charge in [0.25, 0.3) is 0 Å². The molecule has 122 valence electrons. The Bertz CT molecular complexity index is 934. The number of halogens is 2. The molecular formula is C17H12Cl2N2O3. The lowest BCUT2D eigenvalue weighted by Gasteiger charge is -2.11. The summed E-state index contributed by atoms with van der Waals surface area (Å²) in [5.74, 6) is -1.01. The normalized spacial score (nSPS) is 10.8. The third-order valence-electron chi connectivity index (χ3n) is 3.60. The van der Waals surface area contributed by atoms with Gasteiger partial charge in [-0.2, -0.15) is 5.10 Å². The average molecular weight is 363 g/mol. The van der Waals surface area contributed by atoms with E-state index in [2.05, 4.69) is 5.10 Å². The van der Waals surface area contributed by atoms with Gasteiger partial charge in [-0.05, 0) is 49.4 Å². The molecule has 2 N–H and O–H groups in total. The molecule has 5 nitrogen and oxygen atoms in total. The molecule has 0 bridgehead atoms. The van der Waals surface area contributed by atoms with Crippen molar-refractivity contribution >= 4 is 29.2 Å². The standard InChI is InChI=1S/C17H12Cl2N2O3/c1-9-15(17(23)24)20-21(14-7-4-11(18)8-13(14)19)16(9)10-2-5-12(22)6-3-10/h2-8,22H,1H3,(H,23,24). The first-order valence-electron chi connectivity index (χ1n) is 6.96. The van der Waals surface area contributed by atoms with Gasteiger partial charge in [-0.1, -0.05) is 23.2 Å². The molecule has 0 saturated carbocycles. The minimum Gasteiger partial charge on any atom is -0.508 e. The first-order valence-corrected chi connectivity index (χ1v) is 7.72. The van der Waals surface area contributed by atoms with E-state index in [0.29, 0.717) is 32.6 Å². The number of aromatic hydroxyl groups is 1. The zero-order valence-electron chi connectivity index (χ0n) is 12.5. The van der Waals surface area contributed by atoms with Crippen molar-refractivity contribution in [2.24, 2.45) is 0 Å². The number of nitrogens with zero attached hydrogens (tertiary/aromatic N) is 2. The highest BCUT2D eigenvalue weighted by Gasteiger charge is 2.22. The van der Waals surface area contributed by atoms with Gasteiger partial charge in [0.15, 0.2) is 5.69 Å². The van der Waals surface area contributed by atoms with Gasteiger partial charge in [0.2, 0.25) is 0 Å². The fourth-order valence-corrected chi connectivity index (χ4v) is 2.97. The number of hydrogen-bond acceptors (Lipinski definition) is 3. The van der Waals surface area contributed by atoms with E-state index in [1.54, 1.807) is 37.3 Å². The second-order valence-corrected chi connectivity index (χ2v) is 6.03. The molecule has 0 radical (unpaired) electrons. The third kappa shape index (κ3) is 2.84. The Kier molecular flexibility index (Phi) is 4.22. The summed E-state index contributed by atoms with van der Waals surface area (Å²) in [5.41, 5.74) is 2.23. The lowest BCUT2D eigenvalue weighted by molar-refractivity contribution is 0.0689. The molecule has 0 atom stereocenters. The van der Waals surface area contributed by atoms with Gasteiger partial charge >= 0.3 is 5.97 Å². The van der Waals surface area contributed by atoms with E-state index in [-0.39, 0.29) is 11.4 Å². The van der Waals surface area contributed by atoms with Crippen molar-refractivity contribution in [2.45, 2.75) is 6.92 Å². The van der Waals surface area contributed by atoms with E-state index in [0.717, 1.165) is 0 Å². The Morgan fingerprint density at radius 3 is 2.38 bits per heavy atom. The average Bonchev–Trinajstić information content (AvgIpc) is 2.86. The van der Waals surface area contributed by atoms with E-state index >= 15 is 0 Å². The van der Waals surface area contributed by atoms with Gasteiger partial charge in [-0.15, -0.1) is 0 Å². The van der Waals surface area contributed by atoms with Crippen LogP contribution in [0.4, 0.5) is 0 Å². The number of phenolic OH excluding ortho intramolecular Hbond substituents is 1. The maximum Gasteiger partial charge on any atom is 0.356 e. The van der Waals surface area contributed by atoms with Crippen LogP contribution in [0.1, 0.15) is 16.1 Å². The maximum absolute atomic E-state index is 11.5. The molecule has 0 aliphatic rings. The number of benzene rings is 2. The Balaban J connectivity index is 2.30. The Morgan fingerprint density at radius 1 is 1.12 bits per heavy atom. The molecule has 0 unspecified atom stereocenters. The molecule has 0 aliphatic carbocycles. The predicted octanol–water partition coefficient (Wildman–Crippen LogP) is 4.56. The van der Waals surface area contributed by atoms with Crippen LogP contribution >= 0.6 is 23.2 Å². The van der Waals surface area contributed by atoms with E-state index in [9.17, 15) is 15.0 Å². The number of hydrogen-bond donors (Lipinski definition) is 2. The highest BCUT2D eigenvalue weighted by Crippen LogP contribution is 2.33. The number of carbonyl (C=O) groups is 1. The molecule has 3 rings (SSSR count). The minimum atomic E-state index is -1.13. The molecule has 0 saturated heterocycles. The van der Waals surface area contributed by atoms with Gasteiger partial charge < -0.3 is 10.2 Å². The molecular weight excluding hydrogens is 351 g/mol. The molecule has 0 amide bonds. The van der Waals surface area contributed by atoms with Crippen molar-refractivity contribution in [1.29, 1.82) is 0 Å². The second kappa shape index (κ2) is 6.19. The summed E-state index contributed by atoms with van der Waals surface area (Å²) in [6, 6.07) is 11.3. The Morgan fingerprint density at radius 2 is 1.79 bits per heavy atom. The highest BCUT2D eigenvalue weighted by molar-refractivity contribution is 6.35. The summed E-state index contributed by atoms with van der Waals surface area (Å²) < 4.78 is 1.48. The van der Waals surface area contributed by atoms with Crippen LogP contribution in [0.25, 0.3) is 16.9 Å². The molecule has 24 heavy (non-hydrogen) atoms. The van der Waals surface area contributed by atoms with Crippen molar-refractivity contribution in [3.05, 3.63) is 63.8 Å². The van der Waals surface area contributed by atoms with Crippen LogP contribution in [0.15, 0.2) is 42.5 Å². The topological polar surface area (TPSA) is 75.3 Å². The van der Waals surface area contributed by atoms with Crippen molar-refractivity contribution in [3.63, 3.8) is 0 Å². The fourth-order valence-electron chi connectivity index (χ4n) is 2.48. The first-order chi connectivity index (χ1) is 11.4. The number of aromatic nitrogens is 2. The van der Waals surface area contributed by atoms with Gasteiger partial charge in [0.1, 0.15) is 5.75 Å². The van der Waals surface area contributed by atoms with Crippen LogP contribution < -0.4 is 0 Å². The number of aromatic carboxylic acids is 1. The molecule has 0 spiro atoms. The van der Waals surface area contributed by atoms with Crippen LogP contribution in [-0.2, 0) is 0 Å². The molecule has 1 aromatic heterocycles. The van der Waals surface area contributed by atoms with Gasteiger partial charge in [-0.25, -0.2) is 9.48 Å². The van der Waals surface area contributed by atoms with E-state index in [1.165, 1.54) is 16.8 Å². The van der Waals surface area contributed by atoms with E-state index in [4.69, 9.17) is 23.2 Å². The van der Waals surface area contributed by atoms with Gasteiger partial charge in [-0.3, -0.25) is 0 Å². The summed E-state index contributed by atoms with van der Waals surface area (Å²) in [6.45, 7) is 1.68. The van der Waals surface area contributed by atoms with Crippen molar-refractivity contribution < 1.29 is 15.0 Å². The smallest absolute Gasteiger partial charge is 0.356 e. The van der Waals surface area contributed by atoms with Crippen LogP contribution in [0.5, 0.6) is 5.75 Å². The fraction of sp³-hybridized carbons (Fsp3) is 0.0588. The molecule has 7 heteroatoms. The first kappa shape index (κ1) is 16.4. The lowest BCUT2D eigenvalue weighted by atomic mass is 10.1. The molecule has 0 aliphatic heterocycles. The monoisotopic (exact) mass is 362 g/mol. The third-order valence-corrected chi connectivity index (χ3v) is 4.14. The Hall–Kier alpha value is -2.50. The second-order valence-electron chi connectivity index (χ2n) is 5.18. The summed E-state index contributed by atoms with van der Waals surface area (Å²) >= 11 is 12.2. The van der Waals surface area contributed by atoms with Crippen LogP contribution in [0, 0.1) is 6.92 Å². The zero-order chi connectivity index (χ0) is 17.4. The van der Waals surface area contributed by atoms with Crippen LogP contribution in [-0.4, -0.2) is 26.0 Å². The molecule has 2 aromatic carbocycles. The predicted molar refractivity (Wildman–Crippen MR) is 92.4 cm³/mol. The zero-order valence-corrected chi connectivity index (χ0v) is 14.0. The molecule has 3 aromatic rings.